The highest BCUT2D eigenvalue weighted by molar-refractivity contribution is 7.92. The van der Waals surface area contributed by atoms with Crippen molar-refractivity contribution in [2.24, 2.45) is 0 Å². The van der Waals surface area contributed by atoms with Gasteiger partial charge >= 0.3 is 0 Å². The first-order valence-electron chi connectivity index (χ1n) is 14.4. The summed E-state index contributed by atoms with van der Waals surface area (Å²) in [6.07, 6.45) is 5.98. The van der Waals surface area contributed by atoms with Gasteiger partial charge in [-0.15, -0.1) is 0 Å². The Kier molecular flexibility index (Phi) is 11.3. The van der Waals surface area contributed by atoms with E-state index in [0.717, 1.165) is 42.0 Å². The van der Waals surface area contributed by atoms with E-state index >= 15 is 0 Å². The average Bonchev–Trinajstić information content (AvgIpc) is 3.00. The number of nitrogens with one attached hydrogen (secondary N) is 1. The summed E-state index contributed by atoms with van der Waals surface area (Å²) in [5, 5.41) is 3.34. The molecule has 1 fully saturated rings. The molecular weight excluding hydrogens is 593 g/mol. The standard InChI is InChI=1S/C32H37Cl2N3O4S/c1-2-28(32(39)35-25-15-8-4-9-16-25)36(22-21-24-13-6-3-7-14-24)30(38)23-37(29-20-12-19-27(33)31(29)34)42(40,41)26-17-10-5-11-18-26/h3,5-7,10-14,17-20,25,28H,2,4,8-9,15-16,21-23H2,1H3,(H,35,39)/t28-/m0/s1. The normalized spacial score (nSPS) is 14.6. The largest absolute Gasteiger partial charge is 0.352 e. The van der Waals surface area contributed by atoms with Gasteiger partial charge in [0.25, 0.3) is 10.0 Å². The van der Waals surface area contributed by atoms with Crippen LogP contribution in [0.15, 0.2) is 83.8 Å². The fourth-order valence-corrected chi connectivity index (χ4v) is 7.25. The maximum atomic E-state index is 14.2. The molecule has 1 aliphatic rings. The molecule has 0 radical (unpaired) electrons. The Morgan fingerprint density at radius 2 is 1.55 bits per heavy atom. The Morgan fingerprint density at radius 3 is 2.19 bits per heavy atom. The minimum Gasteiger partial charge on any atom is -0.352 e. The van der Waals surface area contributed by atoms with Gasteiger partial charge in [-0.25, -0.2) is 8.42 Å². The molecule has 0 aromatic heterocycles. The zero-order chi connectivity index (χ0) is 30.1. The zero-order valence-electron chi connectivity index (χ0n) is 23.7. The minimum atomic E-state index is -4.22. The molecule has 0 aliphatic heterocycles. The van der Waals surface area contributed by atoms with Crippen LogP contribution in [-0.2, 0) is 26.0 Å². The van der Waals surface area contributed by atoms with Crippen LogP contribution >= 0.6 is 23.2 Å². The maximum Gasteiger partial charge on any atom is 0.264 e. The van der Waals surface area contributed by atoms with Crippen molar-refractivity contribution in [2.75, 3.05) is 17.4 Å². The molecule has 3 aromatic rings. The van der Waals surface area contributed by atoms with E-state index in [4.69, 9.17) is 23.2 Å². The van der Waals surface area contributed by atoms with Crippen LogP contribution < -0.4 is 9.62 Å². The summed E-state index contributed by atoms with van der Waals surface area (Å²) >= 11 is 12.8. The molecule has 4 rings (SSSR count). The fraction of sp³-hybridized carbons (Fsp3) is 0.375. The third-order valence-electron chi connectivity index (χ3n) is 7.63. The van der Waals surface area contributed by atoms with Crippen LogP contribution in [0, 0.1) is 0 Å². The third-order valence-corrected chi connectivity index (χ3v) is 10.2. The molecule has 0 bridgehead atoms. The first-order valence-corrected chi connectivity index (χ1v) is 16.6. The van der Waals surface area contributed by atoms with Crippen molar-refractivity contribution < 1.29 is 18.0 Å². The van der Waals surface area contributed by atoms with Crippen LogP contribution in [-0.4, -0.2) is 50.3 Å². The lowest BCUT2D eigenvalue weighted by Crippen LogP contribution is -2.54. The van der Waals surface area contributed by atoms with Crippen molar-refractivity contribution in [3.63, 3.8) is 0 Å². The summed E-state index contributed by atoms with van der Waals surface area (Å²) in [6, 6.07) is 21.5. The van der Waals surface area contributed by atoms with Crippen molar-refractivity contribution in [3.8, 4) is 0 Å². The first-order chi connectivity index (χ1) is 20.2. The summed E-state index contributed by atoms with van der Waals surface area (Å²) in [5.74, 6) is -0.726. The van der Waals surface area contributed by atoms with E-state index in [2.05, 4.69) is 5.32 Å². The van der Waals surface area contributed by atoms with Crippen molar-refractivity contribution in [1.29, 1.82) is 0 Å². The zero-order valence-corrected chi connectivity index (χ0v) is 26.0. The van der Waals surface area contributed by atoms with Crippen LogP contribution in [0.3, 0.4) is 0 Å². The molecule has 224 valence electrons. The molecule has 2 amide bonds. The number of hydrogen-bond acceptors (Lipinski definition) is 4. The number of amides is 2. The molecular formula is C32H37Cl2N3O4S. The maximum absolute atomic E-state index is 14.2. The Morgan fingerprint density at radius 1 is 0.905 bits per heavy atom. The summed E-state index contributed by atoms with van der Waals surface area (Å²) in [7, 11) is -4.22. The number of anilines is 1. The predicted octanol–water partition coefficient (Wildman–Crippen LogP) is 6.49. The molecule has 1 aliphatic carbocycles. The summed E-state index contributed by atoms with van der Waals surface area (Å²) in [4.78, 5) is 29.3. The molecule has 1 N–H and O–H groups in total. The highest BCUT2D eigenvalue weighted by Crippen LogP contribution is 2.35. The van der Waals surface area contributed by atoms with Gasteiger partial charge in [-0.05, 0) is 55.5 Å². The Balaban J connectivity index is 1.69. The van der Waals surface area contributed by atoms with Crippen LogP contribution in [0.5, 0.6) is 0 Å². The van der Waals surface area contributed by atoms with Crippen LogP contribution in [0.25, 0.3) is 0 Å². The van der Waals surface area contributed by atoms with Gasteiger partial charge in [-0.3, -0.25) is 13.9 Å². The average molecular weight is 631 g/mol. The topological polar surface area (TPSA) is 86.8 Å². The van der Waals surface area contributed by atoms with Gasteiger partial charge in [0.2, 0.25) is 11.8 Å². The Hall–Kier alpha value is -3.07. The smallest absolute Gasteiger partial charge is 0.264 e. The molecule has 0 spiro atoms. The molecule has 42 heavy (non-hydrogen) atoms. The number of rotatable bonds is 12. The van der Waals surface area contributed by atoms with Crippen LogP contribution in [0.2, 0.25) is 10.0 Å². The van der Waals surface area contributed by atoms with E-state index in [1.165, 1.54) is 23.1 Å². The van der Waals surface area contributed by atoms with Crippen molar-refractivity contribution in [2.45, 2.75) is 68.8 Å². The molecule has 0 saturated heterocycles. The van der Waals surface area contributed by atoms with E-state index in [1.54, 1.807) is 30.3 Å². The second kappa shape index (κ2) is 14.9. The van der Waals surface area contributed by atoms with E-state index in [1.807, 2.05) is 37.3 Å². The quantitative estimate of drug-likeness (QED) is 0.248. The number of carbonyl (C=O) groups is 2. The van der Waals surface area contributed by atoms with Gasteiger partial charge in [0.05, 0.1) is 20.6 Å². The SMILES string of the molecule is CC[C@@H](C(=O)NC1CCCCC1)N(CCc1ccccc1)C(=O)CN(c1cccc(Cl)c1Cl)S(=O)(=O)c1ccccc1. The van der Waals surface area contributed by atoms with Crippen LogP contribution in [0.1, 0.15) is 51.0 Å². The van der Waals surface area contributed by atoms with E-state index in [0.29, 0.717) is 12.8 Å². The highest BCUT2D eigenvalue weighted by Gasteiger charge is 2.35. The number of sulfonamides is 1. The number of halogens is 2. The lowest BCUT2D eigenvalue weighted by molar-refractivity contribution is -0.140. The van der Waals surface area contributed by atoms with E-state index < -0.39 is 28.5 Å². The molecule has 3 aromatic carbocycles. The first kappa shape index (κ1) is 31.9. The lowest BCUT2D eigenvalue weighted by atomic mass is 9.95. The summed E-state index contributed by atoms with van der Waals surface area (Å²) in [5.41, 5.74) is 1.09. The van der Waals surface area contributed by atoms with Gasteiger partial charge in [-0.2, -0.15) is 0 Å². The van der Waals surface area contributed by atoms with Gasteiger partial charge in [-0.1, -0.05) is 104 Å². The minimum absolute atomic E-state index is 0.00626. The van der Waals surface area contributed by atoms with Crippen molar-refractivity contribution >= 4 is 50.7 Å². The molecule has 0 heterocycles. The second-order valence-electron chi connectivity index (χ2n) is 10.5. The van der Waals surface area contributed by atoms with E-state index in [-0.39, 0.29) is 39.1 Å². The highest BCUT2D eigenvalue weighted by atomic mass is 35.5. The summed E-state index contributed by atoms with van der Waals surface area (Å²) < 4.78 is 28.9. The van der Waals surface area contributed by atoms with Crippen molar-refractivity contribution in [1.82, 2.24) is 10.2 Å². The Bertz CT molecular complexity index is 1450. The van der Waals surface area contributed by atoms with Gasteiger partial charge in [0.15, 0.2) is 0 Å². The second-order valence-corrected chi connectivity index (χ2v) is 13.1. The third kappa shape index (κ3) is 7.85. The molecule has 7 nitrogen and oxygen atoms in total. The predicted molar refractivity (Wildman–Crippen MR) is 168 cm³/mol. The van der Waals surface area contributed by atoms with Gasteiger partial charge in [0.1, 0.15) is 12.6 Å². The number of nitrogens with zero attached hydrogens (tertiary/aromatic N) is 2. The van der Waals surface area contributed by atoms with Crippen LogP contribution in [0.4, 0.5) is 5.69 Å². The summed E-state index contributed by atoms with van der Waals surface area (Å²) in [6.45, 7) is 1.54. The molecule has 10 heteroatoms. The molecule has 1 saturated carbocycles. The monoisotopic (exact) mass is 629 g/mol. The Labute approximate surface area is 258 Å². The number of benzene rings is 3. The molecule has 1 atom stereocenters. The number of carbonyl (C=O) groups excluding carboxylic acids is 2. The van der Waals surface area contributed by atoms with E-state index in [9.17, 15) is 18.0 Å². The molecule has 0 unspecified atom stereocenters. The van der Waals surface area contributed by atoms with Gasteiger partial charge < -0.3 is 10.2 Å². The number of hydrogen-bond donors (Lipinski definition) is 1. The fourth-order valence-electron chi connectivity index (χ4n) is 5.36. The van der Waals surface area contributed by atoms with Gasteiger partial charge in [0, 0.05) is 12.6 Å². The lowest BCUT2D eigenvalue weighted by Gasteiger charge is -2.34. The van der Waals surface area contributed by atoms with Crippen molar-refractivity contribution in [3.05, 3.63) is 94.5 Å².